The van der Waals surface area contributed by atoms with Gasteiger partial charge < -0.3 is 5.32 Å². The molecule has 3 aromatic carbocycles. The molecule has 9 heteroatoms. The Labute approximate surface area is 203 Å². The van der Waals surface area contributed by atoms with E-state index in [0.717, 1.165) is 11.3 Å². The molecule has 1 N–H and O–H groups in total. The lowest BCUT2D eigenvalue weighted by atomic mass is 10.2. The number of sulfonamides is 1. The van der Waals surface area contributed by atoms with E-state index in [9.17, 15) is 13.2 Å². The molecule has 7 nitrogen and oxygen atoms in total. The number of nitrogens with one attached hydrogen (secondary N) is 1. The molecule has 34 heavy (non-hydrogen) atoms. The highest BCUT2D eigenvalue weighted by atomic mass is 35.5. The van der Waals surface area contributed by atoms with Crippen LogP contribution < -0.4 is 9.62 Å². The lowest BCUT2D eigenvalue weighted by molar-refractivity contribution is -0.115. The maximum absolute atomic E-state index is 13.4. The van der Waals surface area contributed by atoms with Crippen molar-refractivity contribution in [2.24, 2.45) is 0 Å². The van der Waals surface area contributed by atoms with E-state index < -0.39 is 10.0 Å². The Morgan fingerprint density at radius 3 is 2.38 bits per heavy atom. The molecule has 1 aromatic heterocycles. The maximum Gasteiger partial charge on any atom is 0.265 e. The summed E-state index contributed by atoms with van der Waals surface area (Å²) in [6.45, 7) is 1.98. The summed E-state index contributed by atoms with van der Waals surface area (Å²) in [5.74, 6) is -0.298. The minimum absolute atomic E-state index is 0.0745. The van der Waals surface area contributed by atoms with Crippen LogP contribution in [0.3, 0.4) is 0 Å². The molecule has 0 aliphatic rings. The standard InChI is InChI=1S/C25H23ClN4O3S/c1-2-30(22-11-7-4-8-12-22)34(32,33)24-16-20(13-14-23(24)26)28-25(31)15-19-17-27-29(18-19)21-9-5-3-6-10-21/h3-14,16-18H,2,15H2,1H3,(H,28,31). The van der Waals surface area contributed by atoms with E-state index in [4.69, 9.17) is 11.6 Å². The van der Waals surface area contributed by atoms with Gasteiger partial charge in [0, 0.05) is 18.4 Å². The molecule has 0 atom stereocenters. The van der Waals surface area contributed by atoms with Crippen molar-refractivity contribution in [3.8, 4) is 5.69 Å². The van der Waals surface area contributed by atoms with E-state index in [1.165, 1.54) is 16.4 Å². The predicted octanol–water partition coefficient (Wildman–Crippen LogP) is 4.92. The van der Waals surface area contributed by atoms with E-state index in [2.05, 4.69) is 10.4 Å². The predicted molar refractivity (Wildman–Crippen MR) is 134 cm³/mol. The van der Waals surface area contributed by atoms with Gasteiger partial charge in [0.1, 0.15) is 4.90 Å². The Bertz CT molecular complexity index is 1390. The van der Waals surface area contributed by atoms with Crippen LogP contribution >= 0.6 is 11.6 Å². The third-order valence-electron chi connectivity index (χ3n) is 5.14. The fourth-order valence-corrected chi connectivity index (χ4v) is 5.52. The Balaban J connectivity index is 1.52. The highest BCUT2D eigenvalue weighted by Gasteiger charge is 2.26. The zero-order valence-corrected chi connectivity index (χ0v) is 20.0. The Kier molecular flexibility index (Phi) is 7.00. The highest BCUT2D eigenvalue weighted by Crippen LogP contribution is 2.30. The average Bonchev–Trinajstić information content (AvgIpc) is 3.30. The Morgan fingerprint density at radius 1 is 1.03 bits per heavy atom. The summed E-state index contributed by atoms with van der Waals surface area (Å²) in [6.07, 6.45) is 3.50. The van der Waals surface area contributed by atoms with E-state index in [-0.39, 0.29) is 28.8 Å². The van der Waals surface area contributed by atoms with Gasteiger partial charge in [0.05, 0.1) is 29.0 Å². The number of nitrogens with zero attached hydrogens (tertiary/aromatic N) is 3. The molecule has 0 spiro atoms. The van der Waals surface area contributed by atoms with Gasteiger partial charge in [-0.1, -0.05) is 48.0 Å². The van der Waals surface area contributed by atoms with Crippen molar-refractivity contribution in [2.75, 3.05) is 16.2 Å². The molecule has 174 valence electrons. The van der Waals surface area contributed by atoms with Gasteiger partial charge in [-0.25, -0.2) is 13.1 Å². The SMILES string of the molecule is CCN(c1ccccc1)S(=O)(=O)c1cc(NC(=O)Cc2cnn(-c3ccccc3)c2)ccc1Cl. The molecule has 0 aliphatic carbocycles. The van der Waals surface area contributed by atoms with Gasteiger partial charge in [-0.3, -0.25) is 9.10 Å². The number of anilines is 2. The number of benzene rings is 3. The first-order valence-corrected chi connectivity index (χ1v) is 12.5. The molecule has 0 radical (unpaired) electrons. The van der Waals surface area contributed by atoms with Crippen molar-refractivity contribution in [2.45, 2.75) is 18.2 Å². The first-order chi connectivity index (χ1) is 16.4. The number of carbonyl (C=O) groups is 1. The van der Waals surface area contributed by atoms with E-state index in [1.807, 2.05) is 36.4 Å². The van der Waals surface area contributed by atoms with Crippen LogP contribution in [0.15, 0.2) is 96.2 Å². The molecule has 0 bridgehead atoms. The zero-order valence-electron chi connectivity index (χ0n) is 18.4. The number of halogens is 1. The molecular weight excluding hydrogens is 472 g/mol. The summed E-state index contributed by atoms with van der Waals surface area (Å²) < 4.78 is 29.7. The average molecular weight is 495 g/mol. The van der Waals surface area contributed by atoms with Gasteiger partial charge >= 0.3 is 0 Å². The van der Waals surface area contributed by atoms with Crippen LogP contribution in [0.5, 0.6) is 0 Å². The minimum Gasteiger partial charge on any atom is -0.326 e. The Morgan fingerprint density at radius 2 is 1.71 bits per heavy atom. The van der Waals surface area contributed by atoms with Gasteiger partial charge in [-0.05, 0) is 55.0 Å². The summed E-state index contributed by atoms with van der Waals surface area (Å²) in [5, 5.41) is 7.13. The van der Waals surface area contributed by atoms with Crippen LogP contribution in [0.25, 0.3) is 5.69 Å². The fourth-order valence-electron chi connectivity index (χ4n) is 3.55. The molecule has 0 unspecified atom stereocenters. The molecule has 1 amide bonds. The van der Waals surface area contributed by atoms with Crippen LogP contribution in [-0.2, 0) is 21.2 Å². The molecule has 0 aliphatic heterocycles. The van der Waals surface area contributed by atoms with Crippen LogP contribution in [-0.4, -0.2) is 30.7 Å². The molecule has 1 heterocycles. The topological polar surface area (TPSA) is 84.3 Å². The number of para-hydroxylation sites is 2. The molecule has 0 fully saturated rings. The summed E-state index contributed by atoms with van der Waals surface area (Å²) in [6, 6.07) is 22.8. The molecule has 0 saturated heterocycles. The van der Waals surface area contributed by atoms with Crippen LogP contribution in [0.4, 0.5) is 11.4 Å². The summed E-state index contributed by atoms with van der Waals surface area (Å²) in [7, 11) is -3.94. The van der Waals surface area contributed by atoms with Gasteiger partial charge in [0.15, 0.2) is 0 Å². The third-order valence-corrected chi connectivity index (χ3v) is 7.52. The van der Waals surface area contributed by atoms with Crippen molar-refractivity contribution in [1.29, 1.82) is 0 Å². The number of rotatable bonds is 8. The lowest BCUT2D eigenvalue weighted by Gasteiger charge is -2.23. The van der Waals surface area contributed by atoms with E-state index in [1.54, 1.807) is 54.3 Å². The number of carbonyl (C=O) groups excluding carboxylic acids is 1. The number of aromatic nitrogens is 2. The van der Waals surface area contributed by atoms with Crippen LogP contribution in [0, 0.1) is 0 Å². The quantitative estimate of drug-likeness (QED) is 0.376. The van der Waals surface area contributed by atoms with Gasteiger partial charge in [0.25, 0.3) is 10.0 Å². The number of hydrogen-bond donors (Lipinski definition) is 1. The summed E-state index contributed by atoms with van der Waals surface area (Å²) >= 11 is 6.27. The highest BCUT2D eigenvalue weighted by molar-refractivity contribution is 7.93. The number of hydrogen-bond acceptors (Lipinski definition) is 4. The van der Waals surface area contributed by atoms with Crippen molar-refractivity contribution in [3.63, 3.8) is 0 Å². The molecule has 4 rings (SSSR count). The molecule has 4 aromatic rings. The van der Waals surface area contributed by atoms with Crippen LogP contribution in [0.1, 0.15) is 12.5 Å². The lowest BCUT2D eigenvalue weighted by Crippen LogP contribution is -2.31. The second-order valence-corrected chi connectivity index (χ2v) is 9.74. The molecule has 0 saturated carbocycles. The normalized spacial score (nSPS) is 11.2. The third kappa shape index (κ3) is 5.13. The van der Waals surface area contributed by atoms with Gasteiger partial charge in [-0.2, -0.15) is 5.10 Å². The monoisotopic (exact) mass is 494 g/mol. The van der Waals surface area contributed by atoms with E-state index >= 15 is 0 Å². The Hall–Kier alpha value is -3.62. The zero-order chi connectivity index (χ0) is 24.1. The first-order valence-electron chi connectivity index (χ1n) is 10.6. The number of amides is 1. The van der Waals surface area contributed by atoms with Gasteiger partial charge in [-0.15, -0.1) is 0 Å². The minimum atomic E-state index is -3.94. The maximum atomic E-state index is 13.4. The summed E-state index contributed by atoms with van der Waals surface area (Å²) in [5.41, 5.74) is 2.49. The fraction of sp³-hybridized carbons (Fsp3) is 0.120. The summed E-state index contributed by atoms with van der Waals surface area (Å²) in [4.78, 5) is 12.6. The van der Waals surface area contributed by atoms with Crippen LogP contribution in [0.2, 0.25) is 5.02 Å². The largest absolute Gasteiger partial charge is 0.326 e. The van der Waals surface area contributed by atoms with E-state index in [0.29, 0.717) is 11.4 Å². The smallest absolute Gasteiger partial charge is 0.265 e. The van der Waals surface area contributed by atoms with Gasteiger partial charge in [0.2, 0.25) is 5.91 Å². The van der Waals surface area contributed by atoms with Crippen molar-refractivity contribution < 1.29 is 13.2 Å². The van der Waals surface area contributed by atoms with Crippen molar-refractivity contribution in [3.05, 3.63) is 102 Å². The van der Waals surface area contributed by atoms with Crippen molar-refractivity contribution in [1.82, 2.24) is 9.78 Å². The first kappa shape index (κ1) is 23.5. The van der Waals surface area contributed by atoms with Crippen molar-refractivity contribution >= 4 is 38.9 Å². The second-order valence-electron chi connectivity index (χ2n) is 7.50. The second kappa shape index (κ2) is 10.1. The molecular formula is C25H23ClN4O3S.